The van der Waals surface area contributed by atoms with Crippen LogP contribution in [-0.2, 0) is 26.0 Å². The molecule has 0 atom stereocenters. The molecule has 164 valence electrons. The molecule has 1 N–H and O–H groups in total. The number of carbonyl (C=O) groups is 1. The summed E-state index contributed by atoms with van der Waals surface area (Å²) in [7, 11) is -3.51. The molecule has 7 nitrogen and oxygen atoms in total. The third-order valence-electron chi connectivity index (χ3n) is 4.75. The number of thiazole rings is 1. The van der Waals surface area contributed by atoms with E-state index < -0.39 is 10.0 Å². The average molecular weight is 498 g/mol. The molecular weight excluding hydrogens is 478 g/mol. The average Bonchev–Trinajstić information content (AvgIpc) is 3.42. The number of nitrogens with one attached hydrogen (secondary N) is 1. The van der Waals surface area contributed by atoms with E-state index in [4.69, 9.17) is 16.3 Å². The first kappa shape index (κ1) is 22.4. The van der Waals surface area contributed by atoms with Gasteiger partial charge in [0.2, 0.25) is 15.9 Å². The van der Waals surface area contributed by atoms with Gasteiger partial charge in [0, 0.05) is 24.9 Å². The van der Waals surface area contributed by atoms with E-state index in [2.05, 4.69) is 10.3 Å². The van der Waals surface area contributed by atoms with Gasteiger partial charge in [-0.2, -0.15) is 4.31 Å². The van der Waals surface area contributed by atoms with Crippen LogP contribution in [0, 0.1) is 0 Å². The molecule has 1 amide bonds. The number of morpholine rings is 1. The van der Waals surface area contributed by atoms with E-state index >= 15 is 0 Å². The van der Waals surface area contributed by atoms with Crippen LogP contribution in [0.2, 0.25) is 4.34 Å². The van der Waals surface area contributed by atoms with Gasteiger partial charge in [-0.25, -0.2) is 13.4 Å². The Labute approximate surface area is 193 Å². The maximum atomic E-state index is 12.7. The van der Waals surface area contributed by atoms with Crippen molar-refractivity contribution in [3.63, 3.8) is 0 Å². The van der Waals surface area contributed by atoms with E-state index in [1.807, 2.05) is 17.5 Å². The number of hydrogen-bond acceptors (Lipinski definition) is 7. The number of ether oxygens (including phenoxy) is 1. The minimum atomic E-state index is -3.51. The number of benzene rings is 1. The first-order valence-electron chi connectivity index (χ1n) is 9.60. The molecule has 0 saturated carbocycles. The number of sulfonamides is 1. The minimum absolute atomic E-state index is 0.143. The van der Waals surface area contributed by atoms with E-state index in [1.54, 1.807) is 24.3 Å². The van der Waals surface area contributed by atoms with Crippen LogP contribution in [-0.4, -0.2) is 49.9 Å². The predicted molar refractivity (Wildman–Crippen MR) is 123 cm³/mol. The van der Waals surface area contributed by atoms with Crippen LogP contribution in [0.4, 0.5) is 5.13 Å². The Balaban J connectivity index is 1.31. The Morgan fingerprint density at radius 1 is 1.16 bits per heavy atom. The highest BCUT2D eigenvalue weighted by Crippen LogP contribution is 2.32. The molecule has 0 bridgehead atoms. The van der Waals surface area contributed by atoms with Gasteiger partial charge in [0.25, 0.3) is 0 Å². The van der Waals surface area contributed by atoms with Crippen molar-refractivity contribution in [2.45, 2.75) is 17.7 Å². The molecule has 0 aliphatic carbocycles. The summed E-state index contributed by atoms with van der Waals surface area (Å²) in [4.78, 5) is 17.9. The number of amides is 1. The molecule has 0 unspecified atom stereocenters. The number of carbonyl (C=O) groups excluding carboxylic acids is 1. The topological polar surface area (TPSA) is 88.6 Å². The summed E-state index contributed by atoms with van der Waals surface area (Å²) in [5, 5.41) is 5.23. The highest BCUT2D eigenvalue weighted by molar-refractivity contribution is 7.89. The lowest BCUT2D eigenvalue weighted by atomic mass is 10.1. The number of anilines is 1. The van der Waals surface area contributed by atoms with Gasteiger partial charge in [0.05, 0.1) is 33.0 Å². The number of rotatable bonds is 7. The van der Waals surface area contributed by atoms with Gasteiger partial charge in [0.1, 0.15) is 0 Å². The molecule has 1 aromatic carbocycles. The van der Waals surface area contributed by atoms with Gasteiger partial charge in [-0.3, -0.25) is 4.79 Å². The molecule has 1 aliphatic heterocycles. The number of aryl methyl sites for hydroxylation is 1. The van der Waals surface area contributed by atoms with Crippen LogP contribution < -0.4 is 5.32 Å². The third kappa shape index (κ3) is 5.51. The lowest BCUT2D eigenvalue weighted by Gasteiger charge is -2.26. The lowest BCUT2D eigenvalue weighted by molar-refractivity contribution is -0.116. The maximum absolute atomic E-state index is 12.7. The molecule has 1 fully saturated rings. The largest absolute Gasteiger partial charge is 0.379 e. The Morgan fingerprint density at radius 3 is 2.58 bits per heavy atom. The van der Waals surface area contributed by atoms with Crippen LogP contribution in [0.3, 0.4) is 0 Å². The molecule has 3 aromatic rings. The molecular formula is C20H20ClN3O4S3. The summed E-state index contributed by atoms with van der Waals surface area (Å²) in [5.74, 6) is -0.143. The number of thiophene rings is 1. The van der Waals surface area contributed by atoms with Crippen molar-refractivity contribution in [2.24, 2.45) is 0 Å². The molecule has 31 heavy (non-hydrogen) atoms. The first-order valence-corrected chi connectivity index (χ1v) is 13.1. The van der Waals surface area contributed by atoms with Crippen LogP contribution in [0.1, 0.15) is 12.0 Å². The van der Waals surface area contributed by atoms with E-state index in [9.17, 15) is 13.2 Å². The second kappa shape index (κ2) is 9.76. The zero-order valence-electron chi connectivity index (χ0n) is 16.4. The molecule has 1 aliphatic rings. The first-order chi connectivity index (χ1) is 14.9. The van der Waals surface area contributed by atoms with Crippen molar-refractivity contribution < 1.29 is 17.9 Å². The molecule has 2 aromatic heterocycles. The summed E-state index contributed by atoms with van der Waals surface area (Å²) in [6.45, 7) is 1.55. The maximum Gasteiger partial charge on any atom is 0.243 e. The fourth-order valence-electron chi connectivity index (χ4n) is 3.10. The van der Waals surface area contributed by atoms with E-state index in [-0.39, 0.29) is 17.2 Å². The molecule has 4 rings (SSSR count). The zero-order chi connectivity index (χ0) is 21.8. The van der Waals surface area contributed by atoms with Gasteiger partial charge in [-0.1, -0.05) is 23.7 Å². The summed E-state index contributed by atoms with van der Waals surface area (Å²) in [6, 6.07) is 10.4. The molecule has 3 heterocycles. The lowest BCUT2D eigenvalue weighted by Crippen LogP contribution is -2.40. The summed E-state index contributed by atoms with van der Waals surface area (Å²) >= 11 is 8.76. The van der Waals surface area contributed by atoms with Crippen LogP contribution in [0.25, 0.3) is 10.6 Å². The van der Waals surface area contributed by atoms with Crippen LogP contribution >= 0.6 is 34.3 Å². The summed E-state index contributed by atoms with van der Waals surface area (Å²) < 4.78 is 32.7. The van der Waals surface area contributed by atoms with Gasteiger partial charge >= 0.3 is 0 Å². The number of hydrogen-bond donors (Lipinski definition) is 1. The van der Waals surface area contributed by atoms with Crippen molar-refractivity contribution in [3.05, 3.63) is 51.7 Å². The Bertz CT molecular complexity index is 1150. The van der Waals surface area contributed by atoms with E-state index in [0.29, 0.717) is 42.2 Å². The molecule has 0 spiro atoms. The highest BCUT2D eigenvalue weighted by Gasteiger charge is 2.26. The molecule has 11 heteroatoms. The number of nitrogens with zero attached hydrogens (tertiary/aromatic N) is 2. The summed E-state index contributed by atoms with van der Waals surface area (Å²) in [5.41, 5.74) is 1.68. The van der Waals surface area contributed by atoms with Crippen LogP contribution in [0.15, 0.2) is 46.7 Å². The third-order valence-corrected chi connectivity index (χ3v) is 8.67. The Kier molecular flexibility index (Phi) is 7.05. The van der Waals surface area contributed by atoms with Gasteiger partial charge in [0.15, 0.2) is 5.13 Å². The minimum Gasteiger partial charge on any atom is -0.379 e. The highest BCUT2D eigenvalue weighted by atomic mass is 35.5. The van der Waals surface area contributed by atoms with Crippen molar-refractivity contribution in [3.8, 4) is 10.6 Å². The van der Waals surface area contributed by atoms with Crippen molar-refractivity contribution in [1.82, 2.24) is 9.29 Å². The number of halogens is 1. The van der Waals surface area contributed by atoms with Crippen molar-refractivity contribution >= 4 is 55.3 Å². The zero-order valence-corrected chi connectivity index (χ0v) is 19.6. The number of aromatic nitrogens is 1. The summed E-state index contributed by atoms with van der Waals surface area (Å²) in [6.07, 6.45) is 0.776. The van der Waals surface area contributed by atoms with Crippen molar-refractivity contribution in [2.75, 3.05) is 31.6 Å². The smallest absolute Gasteiger partial charge is 0.243 e. The molecule has 0 radical (unpaired) electrons. The predicted octanol–water partition coefficient (Wildman–Crippen LogP) is 4.12. The monoisotopic (exact) mass is 497 g/mol. The molecule has 1 saturated heterocycles. The van der Waals surface area contributed by atoms with Crippen LogP contribution in [0.5, 0.6) is 0 Å². The fraction of sp³-hybridized carbons (Fsp3) is 0.300. The normalized spacial score (nSPS) is 15.1. The SMILES string of the molecule is O=C(CCc1ccc(S(=O)(=O)N2CCOCC2)cc1)Nc1nc(-c2ccc(Cl)s2)cs1. The van der Waals surface area contributed by atoms with Gasteiger partial charge < -0.3 is 10.1 Å². The second-order valence-corrected chi connectivity index (χ2v) is 11.4. The van der Waals surface area contributed by atoms with Crippen molar-refractivity contribution in [1.29, 1.82) is 0 Å². The quantitative estimate of drug-likeness (QED) is 0.530. The van der Waals surface area contributed by atoms with Gasteiger partial charge in [-0.15, -0.1) is 22.7 Å². The van der Waals surface area contributed by atoms with E-state index in [0.717, 1.165) is 16.1 Å². The Hall–Kier alpha value is -1.82. The Morgan fingerprint density at radius 2 is 1.90 bits per heavy atom. The standard InChI is InChI=1S/C20H20ClN3O4S3/c21-18-7-6-17(30-18)16-13-29-20(22-16)23-19(25)8-3-14-1-4-15(5-2-14)31(26,27)24-9-11-28-12-10-24/h1-2,4-7,13H,3,8-12H2,(H,22,23,25). The second-order valence-electron chi connectivity index (χ2n) is 6.85. The fourth-order valence-corrected chi connectivity index (χ4v) is 6.31. The van der Waals surface area contributed by atoms with E-state index in [1.165, 1.54) is 27.0 Å². The van der Waals surface area contributed by atoms with Gasteiger partial charge in [-0.05, 0) is 36.2 Å².